The smallest absolute Gasteiger partial charge is 0.341 e. The van der Waals surface area contributed by atoms with Crippen molar-refractivity contribution < 1.29 is 14.4 Å². The summed E-state index contributed by atoms with van der Waals surface area (Å²) >= 11 is 1.76. The lowest BCUT2D eigenvalue weighted by molar-refractivity contribution is 0.0696. The van der Waals surface area contributed by atoms with Gasteiger partial charge in [0.25, 0.3) is 0 Å². The SMILES string of the molecule is Cc1noc(-c2ccc(SC(C)C)cc2)c1C(=O)O. The van der Waals surface area contributed by atoms with Gasteiger partial charge in [0, 0.05) is 15.7 Å². The van der Waals surface area contributed by atoms with E-state index in [1.54, 1.807) is 18.7 Å². The maximum Gasteiger partial charge on any atom is 0.341 e. The third-order valence-electron chi connectivity index (χ3n) is 2.56. The monoisotopic (exact) mass is 277 g/mol. The lowest BCUT2D eigenvalue weighted by atomic mass is 10.1. The number of thioether (sulfide) groups is 1. The number of carboxylic acid groups (broad SMARTS) is 1. The number of carboxylic acids is 1. The Morgan fingerprint density at radius 3 is 2.47 bits per heavy atom. The zero-order valence-corrected chi connectivity index (χ0v) is 11.8. The number of aryl methyl sites for hydroxylation is 1. The molecule has 0 aliphatic carbocycles. The molecule has 4 nitrogen and oxygen atoms in total. The summed E-state index contributed by atoms with van der Waals surface area (Å²) < 4.78 is 5.13. The summed E-state index contributed by atoms with van der Waals surface area (Å²) in [6.07, 6.45) is 0. The van der Waals surface area contributed by atoms with Gasteiger partial charge in [-0.2, -0.15) is 0 Å². The molecule has 0 saturated heterocycles. The quantitative estimate of drug-likeness (QED) is 0.860. The Balaban J connectivity index is 2.35. The summed E-state index contributed by atoms with van der Waals surface area (Å²) in [5.74, 6) is -0.708. The van der Waals surface area contributed by atoms with Crippen molar-refractivity contribution >= 4 is 17.7 Å². The molecule has 5 heteroatoms. The molecule has 0 radical (unpaired) electrons. The Hall–Kier alpha value is -1.75. The topological polar surface area (TPSA) is 63.3 Å². The van der Waals surface area contributed by atoms with Crippen LogP contribution in [0.5, 0.6) is 0 Å². The van der Waals surface area contributed by atoms with Crippen LogP contribution in [0.2, 0.25) is 0 Å². The third-order valence-corrected chi connectivity index (χ3v) is 3.58. The van der Waals surface area contributed by atoms with E-state index in [9.17, 15) is 4.79 Å². The summed E-state index contributed by atoms with van der Waals surface area (Å²) in [6.45, 7) is 5.88. The van der Waals surface area contributed by atoms with Gasteiger partial charge in [-0.05, 0) is 31.2 Å². The molecule has 0 unspecified atom stereocenters. The zero-order valence-electron chi connectivity index (χ0n) is 11.0. The standard InChI is InChI=1S/C14H15NO3S/c1-8(2)19-11-6-4-10(5-7-11)13-12(14(16)17)9(3)15-18-13/h4-8H,1-3H3,(H,16,17). The molecule has 1 N–H and O–H groups in total. The van der Waals surface area contributed by atoms with Gasteiger partial charge in [0.2, 0.25) is 0 Å². The first-order valence-corrected chi connectivity index (χ1v) is 6.83. The second-order valence-electron chi connectivity index (χ2n) is 4.47. The van der Waals surface area contributed by atoms with Crippen molar-refractivity contribution in [3.8, 4) is 11.3 Å². The van der Waals surface area contributed by atoms with Crippen molar-refractivity contribution in [2.75, 3.05) is 0 Å². The maximum absolute atomic E-state index is 11.2. The van der Waals surface area contributed by atoms with Gasteiger partial charge < -0.3 is 9.63 Å². The van der Waals surface area contributed by atoms with E-state index >= 15 is 0 Å². The Bertz CT molecular complexity index is 587. The van der Waals surface area contributed by atoms with Gasteiger partial charge in [0.1, 0.15) is 5.56 Å². The van der Waals surface area contributed by atoms with Gasteiger partial charge in [0.15, 0.2) is 5.76 Å². The van der Waals surface area contributed by atoms with Crippen LogP contribution in [0.15, 0.2) is 33.7 Å². The van der Waals surface area contributed by atoms with E-state index in [1.165, 1.54) is 0 Å². The number of benzene rings is 1. The third kappa shape index (κ3) is 2.98. The van der Waals surface area contributed by atoms with Crippen LogP contribution in [0.1, 0.15) is 29.9 Å². The number of nitrogens with zero attached hydrogens (tertiary/aromatic N) is 1. The van der Waals surface area contributed by atoms with E-state index in [1.807, 2.05) is 24.3 Å². The molecule has 1 heterocycles. The Morgan fingerprint density at radius 1 is 1.32 bits per heavy atom. The molecule has 19 heavy (non-hydrogen) atoms. The molecule has 0 spiro atoms. The minimum Gasteiger partial charge on any atom is -0.477 e. The summed E-state index contributed by atoms with van der Waals surface area (Å²) in [5, 5.41) is 13.4. The highest BCUT2D eigenvalue weighted by molar-refractivity contribution is 7.99. The highest BCUT2D eigenvalue weighted by Gasteiger charge is 2.20. The van der Waals surface area contributed by atoms with Crippen molar-refractivity contribution in [3.05, 3.63) is 35.5 Å². The molecule has 0 aliphatic rings. The van der Waals surface area contributed by atoms with Crippen LogP contribution >= 0.6 is 11.8 Å². The van der Waals surface area contributed by atoms with Crippen LogP contribution in [-0.4, -0.2) is 21.5 Å². The molecule has 0 amide bonds. The van der Waals surface area contributed by atoms with Gasteiger partial charge in [0.05, 0.1) is 5.69 Å². The van der Waals surface area contributed by atoms with Crippen LogP contribution < -0.4 is 0 Å². The number of aromatic nitrogens is 1. The van der Waals surface area contributed by atoms with E-state index in [0.29, 0.717) is 16.7 Å². The van der Waals surface area contributed by atoms with Crippen molar-refractivity contribution in [1.82, 2.24) is 5.16 Å². The predicted molar refractivity (Wildman–Crippen MR) is 74.6 cm³/mol. The lowest BCUT2D eigenvalue weighted by Crippen LogP contribution is -1.99. The van der Waals surface area contributed by atoms with Gasteiger partial charge in [-0.15, -0.1) is 11.8 Å². The molecule has 0 saturated carbocycles. The first-order chi connectivity index (χ1) is 8.99. The maximum atomic E-state index is 11.2. The van der Waals surface area contributed by atoms with Crippen LogP contribution in [0.4, 0.5) is 0 Å². The lowest BCUT2D eigenvalue weighted by Gasteiger charge is -2.05. The second-order valence-corrected chi connectivity index (χ2v) is 6.12. The molecule has 1 aromatic heterocycles. The van der Waals surface area contributed by atoms with Gasteiger partial charge in [-0.25, -0.2) is 4.79 Å². The highest BCUT2D eigenvalue weighted by Crippen LogP contribution is 2.29. The fraction of sp³-hybridized carbons (Fsp3) is 0.286. The van der Waals surface area contributed by atoms with E-state index in [-0.39, 0.29) is 5.56 Å². The average Bonchev–Trinajstić information content (AvgIpc) is 2.71. The minimum absolute atomic E-state index is 0.129. The summed E-state index contributed by atoms with van der Waals surface area (Å²) in [6, 6.07) is 7.64. The number of hydrogen-bond donors (Lipinski definition) is 1. The summed E-state index contributed by atoms with van der Waals surface area (Å²) in [4.78, 5) is 12.3. The molecule has 0 bridgehead atoms. The minimum atomic E-state index is -1.02. The van der Waals surface area contributed by atoms with Crippen LogP contribution in [0.3, 0.4) is 0 Å². The van der Waals surface area contributed by atoms with Crippen molar-refractivity contribution in [1.29, 1.82) is 0 Å². The van der Waals surface area contributed by atoms with Gasteiger partial charge in [-0.1, -0.05) is 19.0 Å². The molecule has 0 fully saturated rings. The first-order valence-electron chi connectivity index (χ1n) is 5.95. The Kier molecular flexibility index (Phi) is 3.95. The van der Waals surface area contributed by atoms with Gasteiger partial charge in [-0.3, -0.25) is 0 Å². The predicted octanol–water partition coefficient (Wildman–Crippen LogP) is 3.85. The largest absolute Gasteiger partial charge is 0.477 e. The number of aromatic carboxylic acids is 1. The number of rotatable bonds is 4. The van der Waals surface area contributed by atoms with Gasteiger partial charge >= 0.3 is 5.97 Å². The fourth-order valence-electron chi connectivity index (χ4n) is 1.78. The van der Waals surface area contributed by atoms with Crippen molar-refractivity contribution in [2.45, 2.75) is 30.9 Å². The second kappa shape index (κ2) is 5.48. The average molecular weight is 277 g/mol. The fourth-order valence-corrected chi connectivity index (χ4v) is 2.61. The molecule has 2 rings (SSSR count). The molecular weight excluding hydrogens is 262 g/mol. The normalized spacial score (nSPS) is 10.9. The van der Waals surface area contributed by atoms with E-state index in [0.717, 1.165) is 10.5 Å². The summed E-state index contributed by atoms with van der Waals surface area (Å²) in [7, 11) is 0. The van der Waals surface area contributed by atoms with Crippen molar-refractivity contribution in [2.24, 2.45) is 0 Å². The molecule has 0 aliphatic heterocycles. The number of carbonyl (C=O) groups is 1. The Labute approximate surface area is 115 Å². The molecule has 2 aromatic rings. The molecule has 100 valence electrons. The number of hydrogen-bond acceptors (Lipinski definition) is 4. The first kappa shape index (κ1) is 13.7. The van der Waals surface area contributed by atoms with E-state index in [4.69, 9.17) is 9.63 Å². The van der Waals surface area contributed by atoms with Crippen LogP contribution in [0, 0.1) is 6.92 Å². The van der Waals surface area contributed by atoms with Crippen molar-refractivity contribution in [3.63, 3.8) is 0 Å². The molecular formula is C14H15NO3S. The van der Waals surface area contributed by atoms with Crippen LogP contribution in [-0.2, 0) is 0 Å². The molecule has 0 atom stereocenters. The molecule has 1 aromatic carbocycles. The van der Waals surface area contributed by atoms with E-state index < -0.39 is 5.97 Å². The summed E-state index contributed by atoms with van der Waals surface area (Å²) in [5.41, 5.74) is 1.25. The Morgan fingerprint density at radius 2 is 1.95 bits per heavy atom. The zero-order chi connectivity index (χ0) is 14.0. The van der Waals surface area contributed by atoms with Crippen LogP contribution in [0.25, 0.3) is 11.3 Å². The van der Waals surface area contributed by atoms with E-state index in [2.05, 4.69) is 19.0 Å². The highest BCUT2D eigenvalue weighted by atomic mass is 32.2.